The van der Waals surface area contributed by atoms with Crippen molar-refractivity contribution in [3.8, 4) is 11.1 Å². The van der Waals surface area contributed by atoms with Gasteiger partial charge in [-0.1, -0.05) is 181 Å². The molecule has 0 radical (unpaired) electrons. The van der Waals surface area contributed by atoms with Gasteiger partial charge < -0.3 is 46.1 Å². The maximum Gasteiger partial charge on any atom is 0.407 e. The van der Waals surface area contributed by atoms with Crippen LogP contribution in [0.25, 0.3) is 11.1 Å². The zero-order chi connectivity index (χ0) is 56.4. The maximum absolute atomic E-state index is 15.5. The third-order valence-electron chi connectivity index (χ3n) is 14.6. The van der Waals surface area contributed by atoms with E-state index < -0.39 is 84.4 Å². The van der Waals surface area contributed by atoms with Crippen LogP contribution in [0.15, 0.2) is 115 Å². The molecule has 422 valence electrons. The Morgan fingerprint density at radius 2 is 1.27 bits per heavy atom. The van der Waals surface area contributed by atoms with Crippen LogP contribution in [0.5, 0.6) is 0 Å². The van der Waals surface area contributed by atoms with Crippen molar-refractivity contribution in [3.05, 3.63) is 132 Å². The van der Waals surface area contributed by atoms with E-state index >= 15 is 4.79 Å². The fourth-order valence-corrected chi connectivity index (χ4v) is 9.76. The first-order chi connectivity index (χ1) is 37.5. The van der Waals surface area contributed by atoms with Crippen LogP contribution in [-0.2, 0) is 62.6 Å². The summed E-state index contributed by atoms with van der Waals surface area (Å²) in [5.41, 5.74) is 10.3. The van der Waals surface area contributed by atoms with Gasteiger partial charge in [0.05, 0.1) is 31.1 Å². The van der Waals surface area contributed by atoms with Crippen molar-refractivity contribution in [2.75, 3.05) is 20.1 Å². The molecule has 0 aliphatic heterocycles. The standard InChI is InChI=1S/C62H84N6O10/c1-7-8-9-22-31-54(78-55(69)39-64-58(71)43(4)44(5)76-40-46-23-14-10-15-24-46)51(37-45-32-34-49(35-33-45)48-27-18-12-19-28-48)61(74)68(6)53(36-42(2)3)59(72)67-56(50-29-20-13-21-30-50)60(73)66-52(57(63)70)38-65-62(75)77-41-47-25-16-11-17-26-47/h10-12,14-19,23-28,32-35,42-44,50-54,56H,7-9,13,20-22,29-31,36-41H2,1-6H3,(H2,63,70)(H,64,71)(H,65,75)(H,66,73)(H,67,72)/t43-,44-,51+,52-,53-,54+,56-/m0/s1. The van der Waals surface area contributed by atoms with E-state index in [4.69, 9.17) is 19.9 Å². The van der Waals surface area contributed by atoms with Crippen molar-refractivity contribution in [2.24, 2.45) is 29.4 Å². The second-order valence-corrected chi connectivity index (χ2v) is 21.1. The Morgan fingerprint density at radius 3 is 1.87 bits per heavy atom. The maximum atomic E-state index is 15.5. The van der Waals surface area contributed by atoms with E-state index in [-0.39, 0.29) is 43.7 Å². The SMILES string of the molecule is CCCCCC[C@@H](OC(=O)CNC(=O)[C@@H](C)[C@H](C)OCc1ccccc1)[C@@H](Cc1ccc(-c2ccccc2)cc1)C(=O)N(C)[C@@H](CC(C)C)C(=O)N[C@H](C(=O)N[C@@H](CNC(=O)OCc1ccccc1)C(N)=O)C1CCCCC1. The second-order valence-electron chi connectivity index (χ2n) is 21.1. The number of benzene rings is 4. The van der Waals surface area contributed by atoms with Gasteiger partial charge in [0.2, 0.25) is 29.5 Å². The lowest BCUT2D eigenvalue weighted by Crippen LogP contribution is -2.60. The molecule has 5 rings (SSSR count). The lowest BCUT2D eigenvalue weighted by atomic mass is 9.83. The highest BCUT2D eigenvalue weighted by molar-refractivity contribution is 5.95. The van der Waals surface area contributed by atoms with E-state index in [2.05, 4.69) is 28.2 Å². The number of ether oxygens (including phenoxy) is 3. The van der Waals surface area contributed by atoms with Crippen molar-refractivity contribution in [3.63, 3.8) is 0 Å². The number of rotatable bonds is 31. The Morgan fingerprint density at radius 1 is 0.667 bits per heavy atom. The van der Waals surface area contributed by atoms with Gasteiger partial charge in [-0.2, -0.15) is 0 Å². The zero-order valence-corrected chi connectivity index (χ0v) is 46.6. The highest BCUT2D eigenvalue weighted by Crippen LogP contribution is 2.29. The third-order valence-corrected chi connectivity index (χ3v) is 14.6. The first kappa shape index (κ1) is 61.8. The minimum absolute atomic E-state index is 0.0105. The summed E-state index contributed by atoms with van der Waals surface area (Å²) in [6, 6.07) is 33.0. The molecule has 4 aromatic rings. The third kappa shape index (κ3) is 20.4. The lowest BCUT2D eigenvalue weighted by molar-refractivity contribution is -0.158. The van der Waals surface area contributed by atoms with Crippen LogP contribution in [0.1, 0.15) is 122 Å². The van der Waals surface area contributed by atoms with Crippen LogP contribution < -0.4 is 27.0 Å². The number of nitrogens with one attached hydrogen (secondary N) is 4. The van der Waals surface area contributed by atoms with E-state index in [1.54, 1.807) is 26.1 Å². The summed E-state index contributed by atoms with van der Waals surface area (Å²) >= 11 is 0. The number of nitrogens with two attached hydrogens (primary N) is 1. The molecule has 1 aliphatic rings. The first-order valence-electron chi connectivity index (χ1n) is 27.9. The topological polar surface area (TPSA) is 225 Å². The van der Waals surface area contributed by atoms with Crippen molar-refractivity contribution >= 4 is 41.6 Å². The molecule has 4 aromatic carbocycles. The fourth-order valence-electron chi connectivity index (χ4n) is 9.76. The monoisotopic (exact) mass is 1070 g/mol. The number of hydrogen-bond acceptors (Lipinski definition) is 10. The number of hydrogen-bond donors (Lipinski definition) is 5. The molecule has 0 spiro atoms. The number of carbonyl (C=O) groups is 7. The van der Waals surface area contributed by atoms with Crippen molar-refractivity contribution < 1.29 is 47.8 Å². The van der Waals surface area contributed by atoms with Crippen molar-refractivity contribution in [1.82, 2.24) is 26.2 Å². The molecule has 6 N–H and O–H groups in total. The van der Waals surface area contributed by atoms with Crippen LogP contribution in [0, 0.1) is 23.7 Å². The molecule has 1 saturated carbocycles. The number of carbonyl (C=O) groups excluding carboxylic acids is 7. The fraction of sp³-hybridized carbons (Fsp3) is 0.500. The van der Waals surface area contributed by atoms with Crippen molar-refractivity contribution in [1.29, 1.82) is 0 Å². The van der Waals surface area contributed by atoms with E-state index in [9.17, 15) is 28.8 Å². The predicted octanol–water partition coefficient (Wildman–Crippen LogP) is 8.59. The van der Waals surface area contributed by atoms with E-state index in [1.165, 1.54) is 4.90 Å². The molecule has 1 fully saturated rings. The van der Waals surface area contributed by atoms with Crippen LogP contribution in [-0.4, -0.2) is 97.0 Å². The molecular formula is C62H84N6O10. The second kappa shape index (κ2) is 32.6. The number of alkyl carbamates (subject to hydrolysis) is 1. The summed E-state index contributed by atoms with van der Waals surface area (Å²) in [6.45, 7) is 9.04. The molecule has 7 atom stereocenters. The van der Waals surface area contributed by atoms with Gasteiger partial charge in [-0.25, -0.2) is 4.79 Å². The van der Waals surface area contributed by atoms with E-state index in [1.807, 2.05) is 124 Å². The van der Waals surface area contributed by atoms with Gasteiger partial charge in [-0.05, 0) is 85.1 Å². The molecule has 0 saturated heterocycles. The molecule has 0 heterocycles. The Balaban J connectivity index is 1.38. The normalized spacial score (nSPS) is 15.3. The van der Waals surface area contributed by atoms with Crippen LogP contribution in [0.4, 0.5) is 4.79 Å². The van der Waals surface area contributed by atoms with E-state index in [0.717, 1.165) is 66.3 Å². The molecular weight excluding hydrogens is 989 g/mol. The Labute approximate surface area is 461 Å². The quantitative estimate of drug-likeness (QED) is 0.0238. The average molecular weight is 1070 g/mol. The highest BCUT2D eigenvalue weighted by Gasteiger charge is 2.40. The largest absolute Gasteiger partial charge is 0.460 e. The molecule has 0 bridgehead atoms. The summed E-state index contributed by atoms with van der Waals surface area (Å²) in [6.07, 6.45) is 5.75. The summed E-state index contributed by atoms with van der Waals surface area (Å²) in [7, 11) is 1.57. The lowest BCUT2D eigenvalue weighted by Gasteiger charge is -2.36. The first-order valence-corrected chi connectivity index (χ1v) is 27.9. The van der Waals surface area contributed by atoms with Gasteiger partial charge >= 0.3 is 12.1 Å². The average Bonchev–Trinajstić information content (AvgIpc) is 3.46. The smallest absolute Gasteiger partial charge is 0.407 e. The number of nitrogens with zero attached hydrogens (tertiary/aromatic N) is 1. The number of likely N-dealkylation sites (N-methyl/N-ethyl adjacent to an activating group) is 1. The molecule has 1 aliphatic carbocycles. The Bertz CT molecular complexity index is 2490. The molecule has 6 amide bonds. The minimum Gasteiger partial charge on any atom is -0.460 e. The molecule has 16 nitrogen and oxygen atoms in total. The zero-order valence-electron chi connectivity index (χ0n) is 46.6. The van der Waals surface area contributed by atoms with Gasteiger partial charge in [0.1, 0.15) is 37.4 Å². The van der Waals surface area contributed by atoms with Gasteiger partial charge in [0.15, 0.2) is 0 Å². The number of amides is 6. The van der Waals surface area contributed by atoms with Crippen LogP contribution in [0.2, 0.25) is 0 Å². The Hall–Kier alpha value is -7.07. The van der Waals surface area contributed by atoms with Gasteiger partial charge in [-0.15, -0.1) is 0 Å². The number of esters is 1. The van der Waals surface area contributed by atoms with Gasteiger partial charge in [-0.3, -0.25) is 28.8 Å². The molecule has 78 heavy (non-hydrogen) atoms. The number of primary amides is 1. The van der Waals surface area contributed by atoms with Crippen LogP contribution >= 0.6 is 0 Å². The molecule has 0 aromatic heterocycles. The van der Waals surface area contributed by atoms with Crippen LogP contribution in [0.3, 0.4) is 0 Å². The van der Waals surface area contributed by atoms with Gasteiger partial charge in [0, 0.05) is 7.05 Å². The molecule has 0 unspecified atom stereocenters. The van der Waals surface area contributed by atoms with Gasteiger partial charge in [0.25, 0.3) is 0 Å². The minimum atomic E-state index is -1.33. The summed E-state index contributed by atoms with van der Waals surface area (Å²) in [5.74, 6) is -5.59. The summed E-state index contributed by atoms with van der Waals surface area (Å²) < 4.78 is 17.6. The number of unbranched alkanes of at least 4 members (excludes halogenated alkanes) is 3. The van der Waals surface area contributed by atoms with Crippen molar-refractivity contribution in [2.45, 2.75) is 155 Å². The summed E-state index contributed by atoms with van der Waals surface area (Å²) in [4.78, 5) is 98.9. The Kier molecular flexibility index (Phi) is 25.8. The highest BCUT2D eigenvalue weighted by atomic mass is 16.6. The summed E-state index contributed by atoms with van der Waals surface area (Å²) in [5, 5.41) is 10.9. The molecule has 16 heteroatoms. The van der Waals surface area contributed by atoms with E-state index in [0.29, 0.717) is 32.3 Å². The predicted molar refractivity (Wildman–Crippen MR) is 301 cm³/mol.